The second-order valence-electron chi connectivity index (χ2n) is 19.5. The van der Waals surface area contributed by atoms with Crippen LogP contribution in [0.1, 0.15) is 111 Å². The summed E-state index contributed by atoms with van der Waals surface area (Å²) in [6.07, 6.45) is 0. The van der Waals surface area contributed by atoms with Crippen LogP contribution < -0.4 is 9.80 Å². The molecule has 6 aromatic carbocycles. The minimum atomic E-state index is -0.0448. The van der Waals surface area contributed by atoms with Crippen LogP contribution in [0.5, 0.6) is 0 Å². The zero-order valence-electron chi connectivity index (χ0n) is 36.0. The molecule has 0 amide bonds. The Balaban J connectivity index is 1.66. The van der Waals surface area contributed by atoms with Gasteiger partial charge in [0.2, 0.25) is 0 Å². The lowest BCUT2D eigenvalue weighted by Crippen LogP contribution is -2.18. The van der Waals surface area contributed by atoms with E-state index in [1.54, 1.807) is 0 Å². The van der Waals surface area contributed by atoms with E-state index >= 15 is 0 Å². The number of nitrogens with zero attached hydrogens (tertiary/aromatic N) is 2. The van der Waals surface area contributed by atoms with Crippen LogP contribution in [0.2, 0.25) is 5.02 Å². The minimum Gasteiger partial charge on any atom is -0.309 e. The van der Waals surface area contributed by atoms with E-state index < -0.39 is 0 Å². The molecule has 0 fully saturated rings. The summed E-state index contributed by atoms with van der Waals surface area (Å²) in [5.74, 6) is 0. The molecule has 0 radical (unpaired) electrons. The second-order valence-corrected chi connectivity index (χ2v) is 19.9. The summed E-state index contributed by atoms with van der Waals surface area (Å²) in [5.41, 5.74) is 14.7. The summed E-state index contributed by atoms with van der Waals surface area (Å²) in [6, 6.07) is 49.1. The van der Waals surface area contributed by atoms with E-state index in [0.29, 0.717) is 5.02 Å². The fourth-order valence-electron chi connectivity index (χ4n) is 7.27. The average molecular weight is 762 g/mol. The highest BCUT2D eigenvalue weighted by molar-refractivity contribution is 6.36. The van der Waals surface area contributed by atoms with Gasteiger partial charge in [-0.3, -0.25) is 0 Å². The van der Waals surface area contributed by atoms with Crippen molar-refractivity contribution in [2.24, 2.45) is 0 Å². The summed E-state index contributed by atoms with van der Waals surface area (Å²) in [6.45, 7) is 29.4. The van der Waals surface area contributed by atoms with Gasteiger partial charge < -0.3 is 9.80 Å². The maximum Gasteiger partial charge on any atom is 0.0887 e. The van der Waals surface area contributed by atoms with Crippen molar-refractivity contribution in [1.82, 2.24) is 0 Å². The highest BCUT2D eigenvalue weighted by Crippen LogP contribution is 2.50. The van der Waals surface area contributed by atoms with Gasteiger partial charge in [0.25, 0.3) is 0 Å². The third kappa shape index (κ3) is 8.77. The molecule has 0 aromatic heterocycles. The Hall–Kier alpha value is -4.79. The molecule has 0 bridgehead atoms. The van der Waals surface area contributed by atoms with Crippen LogP contribution in [0.3, 0.4) is 0 Å². The predicted octanol–water partition coefficient (Wildman–Crippen LogP) is 16.4. The molecule has 0 unspecified atom stereocenters. The van der Waals surface area contributed by atoms with Crippen molar-refractivity contribution in [1.29, 1.82) is 0 Å². The van der Waals surface area contributed by atoms with Gasteiger partial charge in [-0.2, -0.15) is 0 Å². The summed E-state index contributed by atoms with van der Waals surface area (Å²) in [5, 5.41) is 0.676. The van der Waals surface area contributed by atoms with Crippen molar-refractivity contribution in [3.8, 4) is 11.1 Å². The molecule has 0 saturated carbocycles. The van der Waals surface area contributed by atoms with Crippen LogP contribution in [0.4, 0.5) is 34.1 Å². The van der Waals surface area contributed by atoms with Crippen molar-refractivity contribution in [3.63, 3.8) is 0 Å². The first-order valence-corrected chi connectivity index (χ1v) is 20.4. The Kier molecular flexibility index (Phi) is 11.1. The predicted molar refractivity (Wildman–Crippen MR) is 246 cm³/mol. The Labute approximate surface area is 343 Å². The van der Waals surface area contributed by atoms with Gasteiger partial charge in [0, 0.05) is 22.6 Å². The molecule has 0 heterocycles. The average Bonchev–Trinajstić information content (AvgIpc) is 3.13. The van der Waals surface area contributed by atoms with Gasteiger partial charge >= 0.3 is 0 Å². The number of hydrogen-bond acceptors (Lipinski definition) is 2. The van der Waals surface area contributed by atoms with Crippen molar-refractivity contribution >= 4 is 45.7 Å². The third-order valence-electron chi connectivity index (χ3n) is 10.8. The van der Waals surface area contributed by atoms with Gasteiger partial charge in [-0.15, -0.1) is 0 Å². The number of halogens is 1. The van der Waals surface area contributed by atoms with Gasteiger partial charge in [0.1, 0.15) is 0 Å². The fraction of sp³-hybridized carbons (Fsp3) is 0.321. The molecule has 290 valence electrons. The summed E-state index contributed by atoms with van der Waals surface area (Å²) < 4.78 is 0. The van der Waals surface area contributed by atoms with E-state index in [-0.39, 0.29) is 21.7 Å². The molecule has 0 aliphatic rings. The van der Waals surface area contributed by atoms with Gasteiger partial charge in [-0.05, 0) is 123 Å². The van der Waals surface area contributed by atoms with Crippen LogP contribution in [0.15, 0.2) is 133 Å². The van der Waals surface area contributed by atoms with Crippen LogP contribution in [-0.2, 0) is 21.7 Å². The second kappa shape index (κ2) is 15.3. The molecule has 0 aliphatic heterocycles. The van der Waals surface area contributed by atoms with Crippen LogP contribution >= 0.6 is 11.6 Å². The smallest absolute Gasteiger partial charge is 0.0887 e. The maximum absolute atomic E-state index is 7.93. The van der Waals surface area contributed by atoms with Crippen molar-refractivity contribution in [3.05, 3.63) is 166 Å². The standard InChI is InChI=1S/C53H61ClN2/c1-36-32-47(55(42-27-22-38(23-28-42)50(2,3)4)43-29-24-39(25-30-43)51(5,6)7)49(54)48(33-36)56(44-21-17-20-40(34-44)52(8,9)10)46-31-26-41(53(11,12)13)35-45(46)37-18-15-14-16-19-37/h14-35H,1-13H3. The largest absolute Gasteiger partial charge is 0.309 e. The lowest BCUT2D eigenvalue weighted by atomic mass is 9.84. The first kappa shape index (κ1) is 40.9. The molecule has 56 heavy (non-hydrogen) atoms. The van der Waals surface area contributed by atoms with Gasteiger partial charge in [0.15, 0.2) is 0 Å². The highest BCUT2D eigenvalue weighted by Gasteiger charge is 2.28. The van der Waals surface area contributed by atoms with Crippen LogP contribution in [0.25, 0.3) is 11.1 Å². The molecular formula is C53H61ClN2. The minimum absolute atomic E-state index is 0.0290. The molecule has 0 N–H and O–H groups in total. The molecule has 3 heteroatoms. The van der Waals surface area contributed by atoms with Crippen LogP contribution in [-0.4, -0.2) is 0 Å². The molecule has 0 spiro atoms. The number of anilines is 6. The molecule has 0 atom stereocenters. The quantitative estimate of drug-likeness (QED) is 0.160. The van der Waals surface area contributed by atoms with E-state index in [2.05, 4.69) is 233 Å². The van der Waals surface area contributed by atoms with E-state index in [1.807, 2.05) is 0 Å². The van der Waals surface area contributed by atoms with Gasteiger partial charge in [-0.25, -0.2) is 0 Å². The molecule has 0 saturated heterocycles. The molecule has 6 aromatic rings. The Morgan fingerprint density at radius 3 is 1.30 bits per heavy atom. The number of hydrogen-bond donors (Lipinski definition) is 0. The number of rotatable bonds is 7. The zero-order chi connectivity index (χ0) is 40.8. The Bertz CT molecular complexity index is 2230. The summed E-state index contributed by atoms with van der Waals surface area (Å²) in [7, 11) is 0. The first-order chi connectivity index (χ1) is 26.1. The molecule has 6 rings (SSSR count). The van der Waals surface area contributed by atoms with Crippen molar-refractivity contribution < 1.29 is 0 Å². The van der Waals surface area contributed by atoms with E-state index in [0.717, 1.165) is 50.8 Å². The van der Waals surface area contributed by atoms with Crippen LogP contribution in [0, 0.1) is 6.92 Å². The normalized spacial score (nSPS) is 12.5. The van der Waals surface area contributed by atoms with Gasteiger partial charge in [0.05, 0.1) is 22.1 Å². The lowest BCUT2D eigenvalue weighted by Gasteiger charge is -2.34. The zero-order valence-corrected chi connectivity index (χ0v) is 36.7. The Morgan fingerprint density at radius 1 is 0.375 bits per heavy atom. The number of benzene rings is 6. The first-order valence-electron chi connectivity index (χ1n) is 20.0. The fourth-order valence-corrected chi connectivity index (χ4v) is 7.55. The SMILES string of the molecule is Cc1cc(N(c2ccc(C(C)(C)C)cc2)c2ccc(C(C)(C)C)cc2)c(Cl)c(N(c2cccc(C(C)(C)C)c2)c2ccc(C(C)(C)C)cc2-c2ccccc2)c1. The van der Waals surface area contributed by atoms with E-state index in [4.69, 9.17) is 11.6 Å². The third-order valence-corrected chi connectivity index (χ3v) is 11.2. The maximum atomic E-state index is 7.93. The molecule has 2 nitrogen and oxygen atoms in total. The number of aryl methyl sites for hydroxylation is 1. The molecule has 0 aliphatic carbocycles. The van der Waals surface area contributed by atoms with Crippen molar-refractivity contribution in [2.45, 2.75) is 112 Å². The topological polar surface area (TPSA) is 6.48 Å². The van der Waals surface area contributed by atoms with E-state index in [1.165, 1.54) is 22.3 Å². The van der Waals surface area contributed by atoms with Gasteiger partial charge in [-0.1, -0.05) is 167 Å². The van der Waals surface area contributed by atoms with Crippen molar-refractivity contribution in [2.75, 3.05) is 9.80 Å². The summed E-state index contributed by atoms with van der Waals surface area (Å²) >= 11 is 7.93. The van der Waals surface area contributed by atoms with E-state index in [9.17, 15) is 0 Å². The summed E-state index contributed by atoms with van der Waals surface area (Å²) in [4.78, 5) is 4.70. The monoisotopic (exact) mass is 760 g/mol. The highest BCUT2D eigenvalue weighted by atomic mass is 35.5. The lowest BCUT2D eigenvalue weighted by molar-refractivity contribution is 0.590. The molecular weight excluding hydrogens is 700 g/mol. The Morgan fingerprint density at radius 2 is 0.821 bits per heavy atom.